The molecule has 0 unspecified atom stereocenters. The smallest absolute Gasteiger partial charge is 0.0919 e. The maximum Gasteiger partial charge on any atom is 0.0919 e. The number of imidazole rings is 1. The number of nitrogens with one attached hydrogen (secondary N) is 1. The molecule has 43 valence electrons. The minimum Gasteiger partial charge on any atom is -0.351 e. The minimum atomic E-state index is 1.62. The molecule has 0 atom stereocenters. The molecule has 0 aliphatic carbocycles. The zero-order valence-corrected chi connectivity index (χ0v) is 5.12. The largest absolute Gasteiger partial charge is 0.351 e. The van der Waals surface area contributed by atoms with Crippen LogP contribution in [0.2, 0.25) is 0 Å². The Bertz CT molecular complexity index is 69.4. The van der Waals surface area contributed by atoms with Crippen LogP contribution in [0.3, 0.4) is 0 Å². The Hall–Kier alpha value is -0.00649. The van der Waals surface area contributed by atoms with Gasteiger partial charge in [-0.1, -0.05) is 0 Å². The van der Waals surface area contributed by atoms with Crippen molar-refractivity contribution >= 4 is 10.2 Å². The number of nitrogens with zero attached hydrogens (tertiary/aromatic N) is 1. The van der Waals surface area contributed by atoms with Crippen LogP contribution in [0.4, 0.5) is 0 Å². The molecule has 4 heteroatoms. The predicted molar refractivity (Wildman–Crippen MR) is 24.4 cm³/mol. The van der Waals surface area contributed by atoms with Crippen molar-refractivity contribution in [3.63, 3.8) is 0 Å². The van der Waals surface area contributed by atoms with Crippen LogP contribution in [0.5, 0.6) is 0 Å². The van der Waals surface area contributed by atoms with Gasteiger partial charge in [0.2, 0.25) is 0 Å². The standard InChI is InChI=1S/C3H4N2.ClH.Ni/c1-2-5-3-4-1;;/h1-3H,(H,4,5);1H;/q;;+1/p-1. The van der Waals surface area contributed by atoms with Crippen molar-refractivity contribution in [2.45, 2.75) is 0 Å². The third kappa shape index (κ3) is 3.83. The van der Waals surface area contributed by atoms with E-state index in [2.05, 4.69) is 34.7 Å². The quantitative estimate of drug-likeness (QED) is 0.568. The molecule has 7 heavy (non-hydrogen) atoms. The van der Waals surface area contributed by atoms with Crippen molar-refractivity contribution in [2.24, 2.45) is 0 Å². The zero-order valence-electron chi connectivity index (χ0n) is 3.37. The number of halogens is 1. The summed E-state index contributed by atoms with van der Waals surface area (Å²) < 4.78 is 0. The van der Waals surface area contributed by atoms with E-state index in [1.165, 1.54) is 0 Å². The molecule has 1 aromatic heterocycles. The summed E-state index contributed by atoms with van der Waals surface area (Å²) in [5.41, 5.74) is 0. The van der Waals surface area contributed by atoms with Gasteiger partial charge in [0, 0.05) is 12.4 Å². The van der Waals surface area contributed by atoms with Gasteiger partial charge >= 0.3 is 24.8 Å². The summed E-state index contributed by atoms with van der Waals surface area (Å²) in [6, 6.07) is 0. The van der Waals surface area contributed by atoms with E-state index in [1.807, 2.05) is 0 Å². The van der Waals surface area contributed by atoms with Crippen LogP contribution in [-0.2, 0) is 14.6 Å². The molecule has 0 amide bonds. The van der Waals surface area contributed by atoms with Gasteiger partial charge in [-0.25, -0.2) is 4.98 Å². The molecule has 1 heterocycles. The van der Waals surface area contributed by atoms with Gasteiger partial charge in [0.05, 0.1) is 6.33 Å². The van der Waals surface area contributed by atoms with Crippen molar-refractivity contribution in [3.05, 3.63) is 18.7 Å². The first-order valence-electron chi connectivity index (χ1n) is 1.55. The van der Waals surface area contributed by atoms with Crippen LogP contribution in [0.15, 0.2) is 18.7 Å². The van der Waals surface area contributed by atoms with Crippen LogP contribution in [-0.4, -0.2) is 9.97 Å². The summed E-state index contributed by atoms with van der Waals surface area (Å²) >= 11 is 3.35. The molecule has 0 fully saturated rings. The van der Waals surface area contributed by atoms with Gasteiger partial charge in [0.15, 0.2) is 0 Å². The van der Waals surface area contributed by atoms with E-state index >= 15 is 0 Å². The summed E-state index contributed by atoms with van der Waals surface area (Å²) in [6.07, 6.45) is 5.08. The summed E-state index contributed by atoms with van der Waals surface area (Å²) in [5, 5.41) is 0. The Balaban J connectivity index is 0.000000162. The first kappa shape index (κ1) is 6.99. The average molecular weight is 162 g/mol. The van der Waals surface area contributed by atoms with E-state index in [-0.39, 0.29) is 0 Å². The molecule has 0 saturated heterocycles. The Kier molecular flexibility index (Phi) is 5.99. The van der Waals surface area contributed by atoms with Crippen LogP contribution in [0, 0.1) is 0 Å². The van der Waals surface area contributed by atoms with Gasteiger partial charge in [0.25, 0.3) is 0 Å². The average Bonchev–Trinajstić information content (AvgIpc) is 2.23. The Morgan fingerprint density at radius 1 is 1.57 bits per heavy atom. The number of hydrogen-bond donors (Lipinski definition) is 1. The van der Waals surface area contributed by atoms with Gasteiger partial charge in [-0.2, -0.15) is 0 Å². The summed E-state index contributed by atoms with van der Waals surface area (Å²) in [6.45, 7) is 0. The molecule has 0 bridgehead atoms. The van der Waals surface area contributed by atoms with Crippen molar-refractivity contribution < 1.29 is 14.6 Å². The fraction of sp³-hybridized carbons (Fsp3) is 0. The van der Waals surface area contributed by atoms with E-state index in [9.17, 15) is 0 Å². The van der Waals surface area contributed by atoms with Crippen LogP contribution in [0.25, 0.3) is 0 Å². The minimum absolute atomic E-state index is 1.62. The van der Waals surface area contributed by atoms with Gasteiger partial charge in [-0.15, -0.1) is 0 Å². The van der Waals surface area contributed by atoms with E-state index < -0.39 is 0 Å². The third-order valence-corrected chi connectivity index (χ3v) is 0.406. The van der Waals surface area contributed by atoms with Crippen LogP contribution in [0.1, 0.15) is 0 Å². The molecular weight excluding hydrogens is 158 g/mol. The molecule has 1 aromatic rings. The van der Waals surface area contributed by atoms with Gasteiger partial charge in [-0.05, 0) is 0 Å². The molecule has 0 aliphatic heterocycles. The monoisotopic (exact) mass is 161 g/mol. The Labute approximate surface area is 53.9 Å². The summed E-state index contributed by atoms with van der Waals surface area (Å²) in [7, 11) is 4.26. The number of aromatic amines is 1. The number of H-pyrrole nitrogens is 1. The van der Waals surface area contributed by atoms with Gasteiger partial charge < -0.3 is 4.98 Å². The summed E-state index contributed by atoms with van der Waals surface area (Å²) in [5.74, 6) is 0. The fourth-order valence-corrected chi connectivity index (χ4v) is 0.215. The molecule has 0 aliphatic rings. The first-order chi connectivity index (χ1) is 3.50. The Morgan fingerprint density at radius 3 is 2.43 bits per heavy atom. The molecular formula is C3H4ClN2Ni. The molecule has 0 saturated carbocycles. The normalized spacial score (nSPS) is 6.71. The molecule has 1 N–H and O–H groups in total. The number of aromatic nitrogens is 2. The molecule has 2 nitrogen and oxygen atoms in total. The maximum atomic E-state index is 4.26. The molecule has 0 aromatic carbocycles. The van der Waals surface area contributed by atoms with E-state index in [4.69, 9.17) is 0 Å². The second kappa shape index (κ2) is 5.99. The van der Waals surface area contributed by atoms with Crippen LogP contribution >= 0.6 is 10.2 Å². The second-order valence-corrected chi connectivity index (χ2v) is 0.761. The zero-order chi connectivity index (χ0) is 5.54. The Morgan fingerprint density at radius 2 is 2.29 bits per heavy atom. The first-order valence-corrected chi connectivity index (χ1v) is 2.91. The van der Waals surface area contributed by atoms with E-state index in [1.54, 1.807) is 18.7 Å². The maximum absolute atomic E-state index is 4.26. The van der Waals surface area contributed by atoms with E-state index in [0.717, 1.165) is 0 Å². The van der Waals surface area contributed by atoms with Crippen molar-refractivity contribution in [1.82, 2.24) is 9.97 Å². The van der Waals surface area contributed by atoms with Crippen molar-refractivity contribution in [1.29, 1.82) is 0 Å². The number of rotatable bonds is 0. The molecule has 0 radical (unpaired) electrons. The van der Waals surface area contributed by atoms with Crippen LogP contribution < -0.4 is 0 Å². The second-order valence-electron chi connectivity index (χ2n) is 0.761. The topological polar surface area (TPSA) is 28.7 Å². The molecule has 1 rings (SSSR count). The van der Waals surface area contributed by atoms with Crippen molar-refractivity contribution in [2.75, 3.05) is 0 Å². The third-order valence-electron chi connectivity index (χ3n) is 0.406. The predicted octanol–water partition coefficient (Wildman–Crippen LogP) is 1.10. The summed E-state index contributed by atoms with van der Waals surface area (Å²) in [4.78, 5) is 6.42. The number of hydrogen-bond acceptors (Lipinski definition) is 1. The van der Waals surface area contributed by atoms with E-state index in [0.29, 0.717) is 0 Å². The fourth-order valence-electron chi connectivity index (χ4n) is 0.215. The SMILES string of the molecule is [Cl][Ni].c1c[nH]cn1. The molecule has 0 spiro atoms. The van der Waals surface area contributed by atoms with Gasteiger partial charge in [0.1, 0.15) is 0 Å². The van der Waals surface area contributed by atoms with Gasteiger partial charge in [-0.3, -0.25) is 0 Å². The van der Waals surface area contributed by atoms with Crippen molar-refractivity contribution in [3.8, 4) is 0 Å².